The van der Waals surface area contributed by atoms with E-state index in [-0.39, 0.29) is 6.10 Å². The van der Waals surface area contributed by atoms with Crippen LogP contribution in [0, 0.1) is 6.92 Å². The van der Waals surface area contributed by atoms with Crippen LogP contribution in [0.25, 0.3) is 0 Å². The summed E-state index contributed by atoms with van der Waals surface area (Å²) in [6.45, 7) is 4.45. The molecule has 0 radical (unpaired) electrons. The number of nitrogens with zero attached hydrogens (tertiary/aromatic N) is 1. The van der Waals surface area contributed by atoms with Gasteiger partial charge in [-0.3, -0.25) is 0 Å². The number of guanidine groups is 1. The Kier molecular flexibility index (Phi) is 5.86. The second-order valence-corrected chi connectivity index (χ2v) is 5.32. The number of nitrogens with one attached hydrogen (secondary N) is 1. The largest absolute Gasteiger partial charge is 0.497 e. The third-order valence-electron chi connectivity index (χ3n) is 3.22. The van der Waals surface area contributed by atoms with E-state index in [4.69, 9.17) is 15.2 Å². The zero-order valence-corrected chi connectivity index (χ0v) is 13.7. The Hall–Kier alpha value is -2.69. The van der Waals surface area contributed by atoms with E-state index in [1.54, 1.807) is 7.11 Å². The summed E-state index contributed by atoms with van der Waals surface area (Å²) in [5, 5.41) is 3.06. The van der Waals surface area contributed by atoms with E-state index >= 15 is 0 Å². The van der Waals surface area contributed by atoms with E-state index < -0.39 is 0 Å². The molecule has 2 aromatic rings. The number of methoxy groups -OCH3 is 1. The zero-order chi connectivity index (χ0) is 16.7. The second-order valence-electron chi connectivity index (χ2n) is 5.32. The third-order valence-corrected chi connectivity index (χ3v) is 3.22. The molecule has 0 saturated carbocycles. The molecule has 0 heterocycles. The van der Waals surface area contributed by atoms with Crippen molar-refractivity contribution in [3.05, 3.63) is 54.1 Å². The smallest absolute Gasteiger partial charge is 0.193 e. The lowest BCUT2D eigenvalue weighted by atomic mass is 10.2. The van der Waals surface area contributed by atoms with Crippen molar-refractivity contribution in [2.45, 2.75) is 20.0 Å². The molecule has 122 valence electrons. The normalized spacial score (nSPS) is 12.6. The Morgan fingerprint density at radius 2 is 1.87 bits per heavy atom. The first-order valence-electron chi connectivity index (χ1n) is 7.51. The standard InChI is InChI=1S/C18H23N3O2/c1-13-7-9-15(10-8-13)21-18(19)20-12-14(2)23-17-6-4-5-16(11-17)22-3/h4-11,14H,12H2,1-3H3,(H3,19,20,21). The van der Waals surface area contributed by atoms with E-state index in [0.29, 0.717) is 12.5 Å². The molecule has 5 heteroatoms. The molecule has 2 rings (SSSR count). The average molecular weight is 313 g/mol. The van der Waals surface area contributed by atoms with E-state index in [9.17, 15) is 0 Å². The number of ether oxygens (including phenoxy) is 2. The molecule has 3 N–H and O–H groups in total. The van der Waals surface area contributed by atoms with Crippen LogP contribution in [-0.2, 0) is 0 Å². The predicted octanol–water partition coefficient (Wildman–Crippen LogP) is 3.20. The van der Waals surface area contributed by atoms with Crippen LogP contribution in [0.3, 0.4) is 0 Å². The molecule has 0 aromatic heterocycles. The summed E-state index contributed by atoms with van der Waals surface area (Å²) >= 11 is 0. The van der Waals surface area contributed by atoms with Crippen LogP contribution < -0.4 is 20.5 Å². The van der Waals surface area contributed by atoms with Gasteiger partial charge < -0.3 is 20.5 Å². The Balaban J connectivity index is 1.86. The van der Waals surface area contributed by atoms with Gasteiger partial charge in [-0.25, -0.2) is 4.99 Å². The second kappa shape index (κ2) is 8.08. The van der Waals surface area contributed by atoms with Crippen molar-refractivity contribution < 1.29 is 9.47 Å². The van der Waals surface area contributed by atoms with Crippen LogP contribution in [0.15, 0.2) is 53.5 Å². The zero-order valence-electron chi connectivity index (χ0n) is 13.7. The van der Waals surface area contributed by atoms with Gasteiger partial charge in [0.05, 0.1) is 13.7 Å². The minimum atomic E-state index is -0.0968. The summed E-state index contributed by atoms with van der Waals surface area (Å²) in [6.07, 6.45) is -0.0968. The molecule has 5 nitrogen and oxygen atoms in total. The number of rotatable bonds is 6. The number of nitrogens with two attached hydrogens (primary N) is 1. The fraction of sp³-hybridized carbons (Fsp3) is 0.278. The highest BCUT2D eigenvalue weighted by Crippen LogP contribution is 2.19. The number of benzene rings is 2. The highest BCUT2D eigenvalue weighted by Gasteiger charge is 2.05. The number of anilines is 1. The maximum Gasteiger partial charge on any atom is 0.193 e. The molecular weight excluding hydrogens is 290 g/mol. The molecule has 0 amide bonds. The number of aliphatic imine (C=N–C) groups is 1. The maximum absolute atomic E-state index is 5.89. The van der Waals surface area contributed by atoms with Gasteiger partial charge >= 0.3 is 0 Å². The fourth-order valence-electron chi connectivity index (χ4n) is 2.00. The summed E-state index contributed by atoms with van der Waals surface area (Å²) < 4.78 is 11.0. The van der Waals surface area contributed by atoms with Gasteiger partial charge in [0.15, 0.2) is 5.96 Å². The summed E-state index contributed by atoms with van der Waals surface area (Å²) in [5.41, 5.74) is 8.01. The topological polar surface area (TPSA) is 68.9 Å². The summed E-state index contributed by atoms with van der Waals surface area (Å²) in [7, 11) is 1.63. The molecule has 1 unspecified atom stereocenters. The molecule has 0 aliphatic carbocycles. The lowest BCUT2D eigenvalue weighted by molar-refractivity contribution is 0.229. The average Bonchev–Trinajstić information content (AvgIpc) is 2.55. The van der Waals surface area contributed by atoms with Gasteiger partial charge in [-0.2, -0.15) is 0 Å². The van der Waals surface area contributed by atoms with E-state index in [1.807, 2.05) is 62.4 Å². The first-order valence-corrected chi connectivity index (χ1v) is 7.51. The van der Waals surface area contributed by atoms with Crippen LogP contribution in [-0.4, -0.2) is 25.7 Å². The lowest BCUT2D eigenvalue weighted by Gasteiger charge is -2.14. The van der Waals surface area contributed by atoms with Gasteiger partial charge in [-0.1, -0.05) is 23.8 Å². The van der Waals surface area contributed by atoms with Crippen molar-refractivity contribution in [3.8, 4) is 11.5 Å². The van der Waals surface area contributed by atoms with Crippen LogP contribution in [0.5, 0.6) is 11.5 Å². The summed E-state index contributed by atoms with van der Waals surface area (Å²) in [6, 6.07) is 15.5. The highest BCUT2D eigenvalue weighted by atomic mass is 16.5. The molecular formula is C18H23N3O2. The summed E-state index contributed by atoms with van der Waals surface area (Å²) in [5.74, 6) is 1.88. The summed E-state index contributed by atoms with van der Waals surface area (Å²) in [4.78, 5) is 4.31. The lowest BCUT2D eigenvalue weighted by Crippen LogP contribution is -2.25. The van der Waals surface area contributed by atoms with Gasteiger partial charge in [-0.15, -0.1) is 0 Å². The van der Waals surface area contributed by atoms with Crippen molar-refractivity contribution in [2.75, 3.05) is 19.0 Å². The molecule has 0 aliphatic rings. The molecule has 1 atom stereocenters. The van der Waals surface area contributed by atoms with Crippen LogP contribution >= 0.6 is 0 Å². The van der Waals surface area contributed by atoms with Gasteiger partial charge in [0.2, 0.25) is 0 Å². The molecule has 23 heavy (non-hydrogen) atoms. The van der Waals surface area contributed by atoms with Crippen molar-refractivity contribution in [1.29, 1.82) is 0 Å². The molecule has 0 aliphatic heterocycles. The number of hydrogen-bond acceptors (Lipinski definition) is 3. The van der Waals surface area contributed by atoms with E-state index in [0.717, 1.165) is 17.2 Å². The fourth-order valence-corrected chi connectivity index (χ4v) is 2.00. The molecule has 2 aromatic carbocycles. The third kappa shape index (κ3) is 5.54. The number of hydrogen-bond donors (Lipinski definition) is 2. The highest BCUT2D eigenvalue weighted by molar-refractivity contribution is 5.92. The molecule has 0 spiro atoms. The molecule has 0 saturated heterocycles. The van der Waals surface area contributed by atoms with Gasteiger partial charge in [-0.05, 0) is 38.1 Å². The van der Waals surface area contributed by atoms with Crippen molar-refractivity contribution in [1.82, 2.24) is 0 Å². The van der Waals surface area contributed by atoms with Gasteiger partial charge in [0.1, 0.15) is 17.6 Å². The maximum atomic E-state index is 5.89. The number of aryl methyl sites for hydroxylation is 1. The van der Waals surface area contributed by atoms with Crippen LogP contribution in [0.2, 0.25) is 0 Å². The van der Waals surface area contributed by atoms with Crippen molar-refractivity contribution in [2.24, 2.45) is 10.7 Å². The molecule has 0 bridgehead atoms. The SMILES string of the molecule is COc1cccc(OC(C)CN=C(N)Nc2ccc(C)cc2)c1. The van der Waals surface area contributed by atoms with Crippen LogP contribution in [0.1, 0.15) is 12.5 Å². The minimum absolute atomic E-state index is 0.0968. The van der Waals surface area contributed by atoms with Crippen LogP contribution in [0.4, 0.5) is 5.69 Å². The van der Waals surface area contributed by atoms with Crippen molar-refractivity contribution >= 4 is 11.6 Å². The van der Waals surface area contributed by atoms with Gasteiger partial charge in [0, 0.05) is 11.8 Å². The Morgan fingerprint density at radius 3 is 2.57 bits per heavy atom. The van der Waals surface area contributed by atoms with E-state index in [2.05, 4.69) is 10.3 Å². The minimum Gasteiger partial charge on any atom is -0.497 e. The Labute approximate surface area is 137 Å². The first-order chi connectivity index (χ1) is 11.1. The van der Waals surface area contributed by atoms with E-state index in [1.165, 1.54) is 5.56 Å². The first kappa shape index (κ1) is 16.7. The molecule has 0 fully saturated rings. The predicted molar refractivity (Wildman–Crippen MR) is 94.4 cm³/mol. The quantitative estimate of drug-likeness (QED) is 0.635. The van der Waals surface area contributed by atoms with Crippen molar-refractivity contribution in [3.63, 3.8) is 0 Å². The van der Waals surface area contributed by atoms with Gasteiger partial charge in [0.25, 0.3) is 0 Å². The monoisotopic (exact) mass is 313 g/mol. The Bertz CT molecular complexity index is 654. The Morgan fingerprint density at radius 1 is 1.17 bits per heavy atom.